The Balaban J connectivity index is 1.72. The number of carbonyl (C=O) groups excluding carboxylic acids is 4. The van der Waals surface area contributed by atoms with Gasteiger partial charge in [0, 0.05) is 5.92 Å². The van der Waals surface area contributed by atoms with E-state index in [0.717, 1.165) is 22.3 Å². The number of rotatable bonds is 10. The van der Waals surface area contributed by atoms with Crippen LogP contribution in [0.15, 0.2) is 48.5 Å². The molecule has 1 aliphatic rings. The van der Waals surface area contributed by atoms with Gasteiger partial charge in [0.1, 0.15) is 29.9 Å². The van der Waals surface area contributed by atoms with Crippen LogP contribution in [0.3, 0.4) is 0 Å². The van der Waals surface area contributed by atoms with Gasteiger partial charge in [-0.3, -0.25) is 14.4 Å². The molecule has 0 aliphatic heterocycles. The molecule has 0 bridgehead atoms. The Bertz CT molecular complexity index is 1290. The first-order valence-electron chi connectivity index (χ1n) is 13.6. The number of esters is 2. The molecule has 0 aromatic heterocycles. The molecule has 42 heavy (non-hydrogen) atoms. The number of carbonyl (C=O) groups is 5. The summed E-state index contributed by atoms with van der Waals surface area (Å²) >= 11 is 0. The van der Waals surface area contributed by atoms with Gasteiger partial charge in [0.15, 0.2) is 0 Å². The lowest BCUT2D eigenvalue weighted by Crippen LogP contribution is -2.53. The Kier molecular flexibility index (Phi) is 9.98. The van der Waals surface area contributed by atoms with Crippen molar-refractivity contribution in [2.75, 3.05) is 6.61 Å². The number of carboxylic acids is 1. The van der Waals surface area contributed by atoms with Crippen molar-refractivity contribution >= 4 is 29.9 Å². The van der Waals surface area contributed by atoms with Gasteiger partial charge in [-0.05, 0) is 63.8 Å². The van der Waals surface area contributed by atoms with Crippen LogP contribution in [0.4, 0.5) is 4.79 Å². The zero-order valence-corrected chi connectivity index (χ0v) is 24.7. The molecule has 2 amide bonds. The molecule has 0 saturated heterocycles. The zero-order chi connectivity index (χ0) is 31.2. The molecule has 0 unspecified atom stereocenters. The first-order chi connectivity index (χ1) is 19.5. The summed E-state index contributed by atoms with van der Waals surface area (Å²) in [7, 11) is 0. The van der Waals surface area contributed by atoms with E-state index < -0.39 is 66.0 Å². The Morgan fingerprint density at radius 3 is 1.64 bits per heavy atom. The maximum absolute atomic E-state index is 13.1. The van der Waals surface area contributed by atoms with Crippen LogP contribution >= 0.6 is 0 Å². The lowest BCUT2D eigenvalue weighted by molar-refractivity contribution is -0.159. The summed E-state index contributed by atoms with van der Waals surface area (Å²) in [5.41, 5.74) is 2.31. The van der Waals surface area contributed by atoms with Gasteiger partial charge in [0.25, 0.3) is 0 Å². The van der Waals surface area contributed by atoms with Crippen LogP contribution in [0, 0.1) is 0 Å². The lowest BCUT2D eigenvalue weighted by Gasteiger charge is -2.24. The molecule has 0 spiro atoms. The van der Waals surface area contributed by atoms with Crippen LogP contribution < -0.4 is 10.6 Å². The second-order valence-corrected chi connectivity index (χ2v) is 12.0. The number of fused-ring (bicyclic) bond motifs is 3. The maximum Gasteiger partial charge on any atom is 0.407 e. The number of nitrogens with one attached hydrogen (secondary N) is 2. The number of ether oxygens (including phenoxy) is 3. The van der Waals surface area contributed by atoms with Crippen molar-refractivity contribution in [1.29, 1.82) is 0 Å². The Morgan fingerprint density at radius 2 is 1.19 bits per heavy atom. The van der Waals surface area contributed by atoms with E-state index in [-0.39, 0.29) is 12.5 Å². The lowest BCUT2D eigenvalue weighted by atomic mass is 9.98. The fourth-order valence-electron chi connectivity index (χ4n) is 4.56. The second kappa shape index (κ2) is 13.1. The molecular formula is C31H38N2O9. The largest absolute Gasteiger partial charge is 0.480 e. The summed E-state index contributed by atoms with van der Waals surface area (Å²) in [6.45, 7) is 9.73. The first-order valence-corrected chi connectivity index (χ1v) is 13.6. The summed E-state index contributed by atoms with van der Waals surface area (Å²) in [6.07, 6.45) is -2.26. The van der Waals surface area contributed by atoms with Gasteiger partial charge in [0.05, 0.1) is 12.8 Å². The normalized spacial score (nSPS) is 14.0. The summed E-state index contributed by atoms with van der Waals surface area (Å²) in [4.78, 5) is 62.7. The average molecular weight is 583 g/mol. The summed E-state index contributed by atoms with van der Waals surface area (Å²) in [5, 5.41) is 14.2. The van der Waals surface area contributed by atoms with Gasteiger partial charge < -0.3 is 30.0 Å². The highest BCUT2D eigenvalue weighted by molar-refractivity contribution is 5.93. The smallest absolute Gasteiger partial charge is 0.407 e. The predicted octanol–water partition coefficient (Wildman–Crippen LogP) is 3.93. The topological polar surface area (TPSA) is 157 Å². The van der Waals surface area contributed by atoms with E-state index in [9.17, 15) is 29.1 Å². The minimum atomic E-state index is -1.67. The molecule has 2 aromatic carbocycles. The molecule has 226 valence electrons. The first kappa shape index (κ1) is 32.1. The third-order valence-electron chi connectivity index (χ3n) is 6.15. The Hall–Kier alpha value is -4.41. The van der Waals surface area contributed by atoms with Crippen LogP contribution in [0.2, 0.25) is 0 Å². The number of benzene rings is 2. The molecule has 11 heteroatoms. The molecule has 0 fully saturated rings. The molecule has 0 heterocycles. The minimum absolute atomic E-state index is 0.0446. The standard InChI is InChI=1S/C31H38N2O9/c1-30(2,3)41-25(34)15-23(27(36)32-24(28(37)38)16-26(35)42-31(4,5)6)33-29(39)40-17-22-20-13-9-7-11-18(20)19-12-8-10-14-21(19)22/h7-14,22-24H,15-17H2,1-6H3,(H,32,36)(H,33,39)(H,37,38)/t23-,24-/m0/s1. The highest BCUT2D eigenvalue weighted by Crippen LogP contribution is 2.44. The van der Waals surface area contributed by atoms with Crippen molar-refractivity contribution in [3.63, 3.8) is 0 Å². The van der Waals surface area contributed by atoms with Gasteiger partial charge in [-0.25, -0.2) is 9.59 Å². The molecule has 11 nitrogen and oxygen atoms in total. The van der Waals surface area contributed by atoms with Crippen molar-refractivity contribution in [2.24, 2.45) is 0 Å². The van der Waals surface area contributed by atoms with E-state index >= 15 is 0 Å². The summed E-state index contributed by atoms with van der Waals surface area (Å²) < 4.78 is 15.9. The number of aliphatic carboxylic acids is 1. The monoisotopic (exact) mass is 582 g/mol. The molecule has 3 rings (SSSR count). The Morgan fingerprint density at radius 1 is 0.738 bits per heavy atom. The zero-order valence-electron chi connectivity index (χ0n) is 24.7. The van der Waals surface area contributed by atoms with Crippen molar-refractivity contribution in [1.82, 2.24) is 10.6 Å². The number of carboxylic acid groups (broad SMARTS) is 1. The quantitative estimate of drug-likeness (QED) is 0.279. The van der Waals surface area contributed by atoms with Gasteiger partial charge in [-0.2, -0.15) is 0 Å². The van der Waals surface area contributed by atoms with E-state index in [1.165, 1.54) is 0 Å². The third-order valence-corrected chi connectivity index (χ3v) is 6.15. The number of hydrogen-bond donors (Lipinski definition) is 3. The average Bonchev–Trinajstić information content (AvgIpc) is 3.18. The summed E-state index contributed by atoms with van der Waals surface area (Å²) in [6, 6.07) is 12.3. The van der Waals surface area contributed by atoms with Crippen molar-refractivity contribution in [2.45, 2.75) is 83.6 Å². The van der Waals surface area contributed by atoms with E-state index in [2.05, 4.69) is 10.6 Å². The van der Waals surface area contributed by atoms with E-state index in [0.29, 0.717) is 0 Å². The van der Waals surface area contributed by atoms with Crippen LogP contribution in [0.25, 0.3) is 11.1 Å². The third kappa shape index (κ3) is 9.05. The predicted molar refractivity (Wildman–Crippen MR) is 152 cm³/mol. The van der Waals surface area contributed by atoms with Crippen molar-refractivity contribution in [3.8, 4) is 11.1 Å². The molecule has 0 saturated carbocycles. The SMILES string of the molecule is CC(C)(C)OC(=O)C[C@H](NC(=O)[C@H](CC(=O)OC(C)(C)C)NC(=O)OCC1c2ccccc2-c2ccccc21)C(=O)O. The maximum atomic E-state index is 13.1. The molecule has 1 aliphatic carbocycles. The fraction of sp³-hybridized carbons (Fsp3) is 0.452. The van der Waals surface area contributed by atoms with E-state index in [4.69, 9.17) is 14.2 Å². The van der Waals surface area contributed by atoms with Gasteiger partial charge in [0.2, 0.25) is 5.91 Å². The highest BCUT2D eigenvalue weighted by atomic mass is 16.6. The molecule has 2 atom stereocenters. The minimum Gasteiger partial charge on any atom is -0.480 e. The van der Waals surface area contributed by atoms with Crippen LogP contribution in [-0.2, 0) is 33.4 Å². The Labute approximate surface area is 244 Å². The van der Waals surface area contributed by atoms with Crippen LogP contribution in [0.5, 0.6) is 0 Å². The molecular weight excluding hydrogens is 544 g/mol. The molecule has 3 N–H and O–H groups in total. The number of amides is 2. The van der Waals surface area contributed by atoms with Gasteiger partial charge >= 0.3 is 24.0 Å². The fourth-order valence-corrected chi connectivity index (χ4v) is 4.56. The number of hydrogen-bond acceptors (Lipinski definition) is 8. The summed E-state index contributed by atoms with van der Waals surface area (Å²) in [5.74, 6) is -4.40. The number of alkyl carbamates (subject to hydrolysis) is 1. The van der Waals surface area contributed by atoms with Gasteiger partial charge in [-0.1, -0.05) is 48.5 Å². The van der Waals surface area contributed by atoms with Crippen LogP contribution in [0.1, 0.15) is 71.4 Å². The molecule has 0 radical (unpaired) electrons. The van der Waals surface area contributed by atoms with Gasteiger partial charge in [-0.15, -0.1) is 0 Å². The van der Waals surface area contributed by atoms with Crippen molar-refractivity contribution in [3.05, 3.63) is 59.7 Å². The highest BCUT2D eigenvalue weighted by Gasteiger charge is 2.34. The van der Waals surface area contributed by atoms with E-state index in [1.54, 1.807) is 41.5 Å². The van der Waals surface area contributed by atoms with E-state index in [1.807, 2.05) is 48.5 Å². The second-order valence-electron chi connectivity index (χ2n) is 12.0. The van der Waals surface area contributed by atoms with Crippen LogP contribution in [-0.4, -0.2) is 64.9 Å². The van der Waals surface area contributed by atoms with Crippen molar-refractivity contribution < 1.29 is 43.3 Å². The molecule has 2 aromatic rings.